The lowest BCUT2D eigenvalue weighted by Gasteiger charge is -2.18. The molecule has 5 nitrogen and oxygen atoms in total. The van der Waals surface area contributed by atoms with E-state index in [0.29, 0.717) is 11.6 Å². The molecule has 0 bridgehead atoms. The quantitative estimate of drug-likeness (QED) is 0.875. The van der Waals surface area contributed by atoms with Crippen molar-refractivity contribution in [1.29, 1.82) is 0 Å². The van der Waals surface area contributed by atoms with E-state index in [-0.39, 0.29) is 18.5 Å². The van der Waals surface area contributed by atoms with Crippen LogP contribution in [0, 0.1) is 0 Å². The van der Waals surface area contributed by atoms with Crippen molar-refractivity contribution in [1.82, 2.24) is 4.31 Å². The minimum absolute atomic E-state index is 0.00549. The summed E-state index contributed by atoms with van der Waals surface area (Å²) in [7, 11) is -3.33. The number of nitrogens with one attached hydrogen (secondary N) is 1. The minimum Gasteiger partial charge on any atom is -0.325 e. The molecule has 0 unspecified atom stereocenters. The van der Waals surface area contributed by atoms with E-state index in [1.165, 1.54) is 9.87 Å². The first-order chi connectivity index (χ1) is 9.77. The second kappa shape index (κ2) is 6.15. The number of carbonyl (C=O) groups excluding carboxylic acids is 1. The Kier molecular flexibility index (Phi) is 4.68. The van der Waals surface area contributed by atoms with Gasteiger partial charge in [0, 0.05) is 11.7 Å². The van der Waals surface area contributed by atoms with E-state index >= 15 is 0 Å². The Morgan fingerprint density at radius 1 is 1.29 bits per heavy atom. The van der Waals surface area contributed by atoms with Crippen molar-refractivity contribution in [2.24, 2.45) is 0 Å². The first kappa shape index (κ1) is 16.0. The van der Waals surface area contributed by atoms with Gasteiger partial charge in [-0.1, -0.05) is 26.0 Å². The highest BCUT2D eigenvalue weighted by atomic mass is 32.2. The molecule has 116 valence electrons. The van der Waals surface area contributed by atoms with Crippen molar-refractivity contribution in [2.75, 3.05) is 18.1 Å². The van der Waals surface area contributed by atoms with Crippen LogP contribution in [0.5, 0.6) is 0 Å². The molecule has 0 saturated heterocycles. The molecular weight excluding hydrogens is 288 g/mol. The molecule has 1 aromatic rings. The van der Waals surface area contributed by atoms with Gasteiger partial charge in [-0.25, -0.2) is 8.42 Å². The molecule has 1 aliphatic rings. The molecule has 1 amide bonds. The Morgan fingerprint density at radius 2 is 1.86 bits per heavy atom. The van der Waals surface area contributed by atoms with E-state index in [1.54, 1.807) is 0 Å². The van der Waals surface area contributed by atoms with Crippen LogP contribution in [0.3, 0.4) is 0 Å². The van der Waals surface area contributed by atoms with E-state index in [2.05, 4.69) is 19.2 Å². The third kappa shape index (κ3) is 4.54. The minimum atomic E-state index is -3.33. The zero-order valence-electron chi connectivity index (χ0n) is 12.7. The highest BCUT2D eigenvalue weighted by molar-refractivity contribution is 7.88. The van der Waals surface area contributed by atoms with E-state index in [9.17, 15) is 13.2 Å². The van der Waals surface area contributed by atoms with Crippen molar-refractivity contribution < 1.29 is 13.2 Å². The Labute approximate surface area is 126 Å². The summed E-state index contributed by atoms with van der Waals surface area (Å²) in [5.41, 5.74) is 1.89. The van der Waals surface area contributed by atoms with Crippen LogP contribution >= 0.6 is 0 Å². The average Bonchev–Trinajstić information content (AvgIpc) is 3.19. The van der Waals surface area contributed by atoms with Crippen molar-refractivity contribution in [3.63, 3.8) is 0 Å². The van der Waals surface area contributed by atoms with Gasteiger partial charge >= 0.3 is 0 Å². The van der Waals surface area contributed by atoms with Crippen molar-refractivity contribution in [3.8, 4) is 0 Å². The maximum atomic E-state index is 12.0. The second-order valence-electron chi connectivity index (χ2n) is 5.86. The fraction of sp³-hybridized carbons (Fsp3) is 0.533. The molecule has 1 fully saturated rings. The van der Waals surface area contributed by atoms with Crippen LogP contribution in [0.4, 0.5) is 5.69 Å². The number of nitrogens with zero attached hydrogens (tertiary/aromatic N) is 1. The van der Waals surface area contributed by atoms with Gasteiger partial charge in [-0.2, -0.15) is 4.31 Å². The van der Waals surface area contributed by atoms with Crippen LogP contribution in [0.1, 0.15) is 38.2 Å². The zero-order valence-corrected chi connectivity index (χ0v) is 13.5. The first-order valence-electron chi connectivity index (χ1n) is 7.14. The Morgan fingerprint density at radius 3 is 2.29 bits per heavy atom. The van der Waals surface area contributed by atoms with Crippen LogP contribution in [0.15, 0.2) is 24.3 Å². The number of carbonyl (C=O) groups is 1. The summed E-state index contributed by atoms with van der Waals surface area (Å²) in [5, 5.41) is 2.75. The van der Waals surface area contributed by atoms with Gasteiger partial charge in [-0.05, 0) is 36.5 Å². The molecule has 0 heterocycles. The van der Waals surface area contributed by atoms with Gasteiger partial charge in [0.25, 0.3) is 0 Å². The van der Waals surface area contributed by atoms with Gasteiger partial charge in [0.15, 0.2) is 0 Å². The van der Waals surface area contributed by atoms with E-state index in [0.717, 1.165) is 19.1 Å². The lowest BCUT2D eigenvalue weighted by molar-refractivity contribution is -0.116. The van der Waals surface area contributed by atoms with Gasteiger partial charge in [0.1, 0.15) is 0 Å². The van der Waals surface area contributed by atoms with Gasteiger partial charge in [0.2, 0.25) is 15.9 Å². The summed E-state index contributed by atoms with van der Waals surface area (Å²) in [6, 6.07) is 7.61. The van der Waals surface area contributed by atoms with Crippen LogP contribution in [-0.4, -0.2) is 37.5 Å². The molecule has 0 atom stereocenters. The van der Waals surface area contributed by atoms with E-state index in [1.807, 2.05) is 24.3 Å². The molecule has 2 rings (SSSR count). The number of sulfonamides is 1. The summed E-state index contributed by atoms with van der Waals surface area (Å²) >= 11 is 0. The lowest BCUT2D eigenvalue weighted by Crippen LogP contribution is -2.38. The summed E-state index contributed by atoms with van der Waals surface area (Å²) in [4.78, 5) is 12.0. The molecule has 6 heteroatoms. The van der Waals surface area contributed by atoms with E-state index < -0.39 is 10.0 Å². The summed E-state index contributed by atoms with van der Waals surface area (Å²) in [6.07, 6.45) is 2.82. The molecule has 0 radical (unpaired) electrons. The number of hydrogen-bond donors (Lipinski definition) is 1. The second-order valence-corrected chi connectivity index (χ2v) is 7.80. The molecule has 0 aromatic heterocycles. The van der Waals surface area contributed by atoms with Gasteiger partial charge in [-0.15, -0.1) is 0 Å². The average molecular weight is 310 g/mol. The summed E-state index contributed by atoms with van der Waals surface area (Å²) in [5.74, 6) is 0.134. The number of rotatable bonds is 6. The largest absolute Gasteiger partial charge is 0.325 e. The molecule has 1 N–H and O–H groups in total. The van der Waals surface area contributed by atoms with Crippen LogP contribution in [0.25, 0.3) is 0 Å². The monoisotopic (exact) mass is 310 g/mol. The Bertz CT molecular complexity index is 604. The predicted molar refractivity (Wildman–Crippen MR) is 83.7 cm³/mol. The van der Waals surface area contributed by atoms with E-state index in [4.69, 9.17) is 0 Å². The van der Waals surface area contributed by atoms with Gasteiger partial charge in [0.05, 0.1) is 12.8 Å². The lowest BCUT2D eigenvalue weighted by atomic mass is 10.0. The molecule has 21 heavy (non-hydrogen) atoms. The highest BCUT2D eigenvalue weighted by Gasteiger charge is 2.36. The molecule has 1 aromatic carbocycles. The topological polar surface area (TPSA) is 66.5 Å². The zero-order chi connectivity index (χ0) is 15.6. The fourth-order valence-corrected chi connectivity index (χ4v) is 3.28. The molecule has 1 aliphatic carbocycles. The molecule has 1 saturated carbocycles. The van der Waals surface area contributed by atoms with Crippen molar-refractivity contribution >= 4 is 21.6 Å². The molecule has 0 aliphatic heterocycles. The summed E-state index contributed by atoms with van der Waals surface area (Å²) < 4.78 is 24.6. The third-order valence-corrected chi connectivity index (χ3v) is 4.82. The Balaban J connectivity index is 1.97. The van der Waals surface area contributed by atoms with Crippen molar-refractivity contribution in [3.05, 3.63) is 29.8 Å². The maximum Gasteiger partial charge on any atom is 0.239 e. The smallest absolute Gasteiger partial charge is 0.239 e. The Hall–Kier alpha value is -1.40. The van der Waals surface area contributed by atoms with Crippen molar-refractivity contribution in [2.45, 2.75) is 38.6 Å². The number of benzene rings is 1. The molecule has 0 spiro atoms. The SMILES string of the molecule is CC(C)c1ccc(NC(=O)CN(C2CC2)S(C)(=O)=O)cc1. The predicted octanol–water partition coefficient (Wildman–Crippen LogP) is 2.17. The fourth-order valence-electron chi connectivity index (χ4n) is 2.17. The highest BCUT2D eigenvalue weighted by Crippen LogP contribution is 2.28. The standard InChI is InChI=1S/C15H22N2O3S/c1-11(2)12-4-6-13(7-5-12)16-15(18)10-17(14-8-9-14)21(3,19)20/h4-7,11,14H,8-10H2,1-3H3,(H,16,18). The van der Waals surface area contributed by atoms with Crippen LogP contribution in [0.2, 0.25) is 0 Å². The third-order valence-electron chi connectivity index (χ3n) is 3.54. The number of anilines is 1. The number of hydrogen-bond acceptors (Lipinski definition) is 3. The molecular formula is C15H22N2O3S. The number of amides is 1. The maximum absolute atomic E-state index is 12.0. The summed E-state index contributed by atoms with van der Waals surface area (Å²) in [6.45, 7) is 4.09. The van der Waals surface area contributed by atoms with Gasteiger partial charge in [-0.3, -0.25) is 4.79 Å². The van der Waals surface area contributed by atoms with Gasteiger partial charge < -0.3 is 5.32 Å². The van der Waals surface area contributed by atoms with Crippen LogP contribution in [-0.2, 0) is 14.8 Å². The first-order valence-corrected chi connectivity index (χ1v) is 8.99. The van der Waals surface area contributed by atoms with Crippen LogP contribution < -0.4 is 5.32 Å². The normalized spacial score (nSPS) is 15.5.